The van der Waals surface area contributed by atoms with E-state index in [4.69, 9.17) is 18.5 Å². The molecule has 1 aliphatic carbocycles. The summed E-state index contributed by atoms with van der Waals surface area (Å²) in [5.41, 5.74) is 0. The Morgan fingerprint density at radius 1 is 0.500 bits per heavy atom. The molecule has 0 aromatic carbocycles. The lowest BCUT2D eigenvalue weighted by Crippen LogP contribution is -2.64. The highest BCUT2D eigenvalue weighted by Crippen LogP contribution is 2.47. The molecule has 6 atom stereocenters. The van der Waals surface area contributed by atoms with Gasteiger partial charge in [0.2, 0.25) is 0 Å². The van der Waals surface area contributed by atoms with Crippen LogP contribution in [0.15, 0.2) is 122 Å². The number of phosphoric acid groups is 1. The average molecular weight is 917 g/mol. The molecule has 0 radical (unpaired) electrons. The highest BCUT2D eigenvalue weighted by atomic mass is 31.2. The van der Waals surface area contributed by atoms with Gasteiger partial charge in [0.15, 0.2) is 0 Å². The van der Waals surface area contributed by atoms with Crippen LogP contribution < -0.4 is 0 Å². The maximum atomic E-state index is 12.8. The van der Waals surface area contributed by atoms with E-state index in [0.29, 0.717) is 19.4 Å². The van der Waals surface area contributed by atoms with Crippen LogP contribution in [0.5, 0.6) is 0 Å². The van der Waals surface area contributed by atoms with E-state index in [1.54, 1.807) is 0 Å². The number of carbonyl (C=O) groups excluding carboxylic acids is 1. The number of rotatable bonds is 37. The van der Waals surface area contributed by atoms with Crippen molar-refractivity contribution in [3.05, 3.63) is 122 Å². The molecule has 12 nitrogen and oxygen atoms in total. The van der Waals surface area contributed by atoms with E-state index in [1.807, 2.05) is 12.2 Å². The normalized spacial score (nSPS) is 22.8. The largest absolute Gasteiger partial charge is 0.472 e. The van der Waals surface area contributed by atoms with Gasteiger partial charge in [-0.1, -0.05) is 148 Å². The van der Waals surface area contributed by atoms with Crippen molar-refractivity contribution < 1.29 is 58.3 Å². The van der Waals surface area contributed by atoms with Gasteiger partial charge in [-0.3, -0.25) is 13.8 Å². The Balaban J connectivity index is 2.46. The van der Waals surface area contributed by atoms with Crippen LogP contribution in [-0.2, 0) is 27.9 Å². The second-order valence-electron chi connectivity index (χ2n) is 15.5. The van der Waals surface area contributed by atoms with E-state index in [1.165, 1.54) is 0 Å². The Kier molecular flexibility index (Phi) is 36.8. The van der Waals surface area contributed by atoms with Gasteiger partial charge in [-0.2, -0.15) is 0 Å². The van der Waals surface area contributed by atoms with Crippen molar-refractivity contribution in [2.75, 3.05) is 19.8 Å². The fourth-order valence-electron chi connectivity index (χ4n) is 6.18. The van der Waals surface area contributed by atoms with Gasteiger partial charge in [-0.15, -0.1) is 0 Å². The van der Waals surface area contributed by atoms with Crippen LogP contribution in [0.25, 0.3) is 0 Å². The molecule has 0 heterocycles. The fourth-order valence-corrected chi connectivity index (χ4v) is 7.15. The fraction of sp³-hybridized carbons (Fsp3) is 0.588. The SMILES string of the molecule is CC/C=C\C/C=C\C/C=C\C/C=C\C/C=C\C/C=C\C/C=C\CCCC(=O)OC(COCCCCCC/C=C\C/C=C\C/C=C\CC)COP(=O)(O)OC1C(O)C(O)C(O)C(O)C1O. The van der Waals surface area contributed by atoms with Gasteiger partial charge in [-0.25, -0.2) is 4.57 Å². The minimum absolute atomic E-state index is 0.0909. The second-order valence-corrected chi connectivity index (χ2v) is 16.9. The Morgan fingerprint density at radius 3 is 1.31 bits per heavy atom. The summed E-state index contributed by atoms with van der Waals surface area (Å²) in [6.07, 6.45) is 45.6. The first-order valence-corrected chi connectivity index (χ1v) is 24.9. The topological polar surface area (TPSA) is 192 Å². The highest BCUT2D eigenvalue weighted by molar-refractivity contribution is 7.47. The summed E-state index contributed by atoms with van der Waals surface area (Å²) >= 11 is 0. The van der Waals surface area contributed by atoms with Gasteiger partial charge in [0.25, 0.3) is 0 Å². The monoisotopic (exact) mass is 917 g/mol. The zero-order valence-corrected chi connectivity index (χ0v) is 39.4. The number of aliphatic hydroxyl groups is 5. The van der Waals surface area contributed by atoms with E-state index in [-0.39, 0.29) is 13.0 Å². The Hall–Kier alpha value is -3.26. The van der Waals surface area contributed by atoms with Crippen molar-refractivity contribution in [3.8, 4) is 0 Å². The summed E-state index contributed by atoms with van der Waals surface area (Å²) < 4.78 is 34.1. The van der Waals surface area contributed by atoms with Crippen LogP contribution in [0.4, 0.5) is 0 Å². The molecule has 362 valence electrons. The molecule has 0 amide bonds. The predicted octanol–water partition coefficient (Wildman–Crippen LogP) is 9.86. The lowest BCUT2D eigenvalue weighted by Gasteiger charge is -2.41. The van der Waals surface area contributed by atoms with Gasteiger partial charge in [0, 0.05) is 13.0 Å². The van der Waals surface area contributed by atoms with Crippen molar-refractivity contribution in [2.24, 2.45) is 0 Å². The molecule has 13 heteroatoms. The molecule has 0 aromatic heterocycles. The van der Waals surface area contributed by atoms with Crippen molar-refractivity contribution in [3.63, 3.8) is 0 Å². The molecule has 0 bridgehead atoms. The third-order valence-corrected chi connectivity index (χ3v) is 10.8. The molecule has 6 N–H and O–H groups in total. The number of ether oxygens (including phenoxy) is 2. The quantitative estimate of drug-likeness (QED) is 0.0150. The van der Waals surface area contributed by atoms with Crippen molar-refractivity contribution >= 4 is 13.8 Å². The summed E-state index contributed by atoms with van der Waals surface area (Å²) in [4.78, 5) is 23.1. The van der Waals surface area contributed by atoms with Gasteiger partial charge >= 0.3 is 13.8 Å². The van der Waals surface area contributed by atoms with Crippen LogP contribution in [-0.4, -0.2) is 98.9 Å². The summed E-state index contributed by atoms with van der Waals surface area (Å²) in [6, 6.07) is 0. The van der Waals surface area contributed by atoms with Gasteiger partial charge in [0.05, 0.1) is 13.2 Å². The number of hydrogen-bond acceptors (Lipinski definition) is 11. The Bertz CT molecular complexity index is 1510. The number of aliphatic hydroxyl groups excluding tert-OH is 5. The number of esters is 1. The number of carbonyl (C=O) groups is 1. The summed E-state index contributed by atoms with van der Waals surface area (Å²) in [5, 5.41) is 50.2. The number of hydrogen-bond donors (Lipinski definition) is 6. The lowest BCUT2D eigenvalue weighted by molar-refractivity contribution is -0.220. The molecule has 0 saturated heterocycles. The first-order valence-electron chi connectivity index (χ1n) is 23.4. The van der Waals surface area contributed by atoms with E-state index in [2.05, 4.69) is 123 Å². The maximum absolute atomic E-state index is 12.8. The molecule has 1 aliphatic rings. The summed E-state index contributed by atoms with van der Waals surface area (Å²) in [6.45, 7) is 3.89. The molecule has 0 aromatic rings. The van der Waals surface area contributed by atoms with Crippen LogP contribution in [0.2, 0.25) is 0 Å². The molecule has 1 saturated carbocycles. The van der Waals surface area contributed by atoms with E-state index < -0.39 is 63.1 Å². The minimum atomic E-state index is -5.05. The molecule has 6 unspecified atom stereocenters. The molecule has 1 fully saturated rings. The van der Waals surface area contributed by atoms with Crippen molar-refractivity contribution in [2.45, 2.75) is 172 Å². The molecule has 1 rings (SSSR count). The Morgan fingerprint density at radius 2 is 0.875 bits per heavy atom. The Labute approximate surface area is 384 Å². The second kappa shape index (κ2) is 40.1. The molecular weight excluding hydrogens is 836 g/mol. The van der Waals surface area contributed by atoms with Crippen LogP contribution >= 0.6 is 7.82 Å². The third-order valence-electron chi connectivity index (χ3n) is 9.83. The van der Waals surface area contributed by atoms with Crippen molar-refractivity contribution in [1.29, 1.82) is 0 Å². The summed E-state index contributed by atoms with van der Waals surface area (Å²) in [7, 11) is -5.05. The van der Waals surface area contributed by atoms with Crippen LogP contribution in [0.3, 0.4) is 0 Å². The number of unbranched alkanes of at least 4 members (excludes halogenated alkanes) is 5. The first kappa shape index (κ1) is 58.8. The zero-order valence-electron chi connectivity index (χ0n) is 38.5. The van der Waals surface area contributed by atoms with E-state index >= 15 is 0 Å². The smallest absolute Gasteiger partial charge is 0.457 e. The van der Waals surface area contributed by atoms with E-state index in [0.717, 1.165) is 96.3 Å². The standard InChI is InChI=1S/C51H81O12P/c1-3-5-7-9-11-13-15-17-19-20-21-22-23-24-25-26-27-28-30-32-34-36-38-40-45(52)62-44(42-60-41-39-37-35-33-31-29-18-16-14-12-10-8-6-4-2)43-61-64(58,59)63-51-49(56)47(54)46(53)48(55)50(51)57/h5-8,11-14,17-19,21-22,24-25,27-29,32,34,44,46-51,53-57H,3-4,9-10,15-16,20,23,26,30-31,33,35-43H2,1-2H3,(H,58,59)/b7-5-,8-6-,13-11-,14-12-,19-17-,22-21-,25-24-,28-27-,29-18-,34-32-. The highest BCUT2D eigenvalue weighted by Gasteiger charge is 2.51. The molecular formula is C51H81O12P. The molecule has 0 spiro atoms. The predicted molar refractivity (Wildman–Crippen MR) is 257 cm³/mol. The van der Waals surface area contributed by atoms with Gasteiger partial charge < -0.3 is 39.9 Å². The van der Waals surface area contributed by atoms with Crippen molar-refractivity contribution in [1.82, 2.24) is 0 Å². The van der Waals surface area contributed by atoms with Crippen LogP contribution in [0.1, 0.15) is 129 Å². The van der Waals surface area contributed by atoms with Gasteiger partial charge in [0.1, 0.15) is 42.7 Å². The van der Waals surface area contributed by atoms with Crippen LogP contribution in [0, 0.1) is 0 Å². The first-order chi connectivity index (χ1) is 31.0. The summed E-state index contributed by atoms with van der Waals surface area (Å²) in [5.74, 6) is -0.550. The van der Waals surface area contributed by atoms with Gasteiger partial charge in [-0.05, 0) is 96.3 Å². The average Bonchev–Trinajstić information content (AvgIpc) is 3.28. The third kappa shape index (κ3) is 31.6. The lowest BCUT2D eigenvalue weighted by atomic mass is 9.85. The minimum Gasteiger partial charge on any atom is -0.457 e. The number of allylic oxidation sites excluding steroid dienone is 20. The maximum Gasteiger partial charge on any atom is 0.472 e. The number of phosphoric ester groups is 1. The molecule has 0 aliphatic heterocycles. The van der Waals surface area contributed by atoms with E-state index in [9.17, 15) is 39.8 Å². The molecule has 64 heavy (non-hydrogen) atoms. The zero-order chi connectivity index (χ0) is 46.9.